The number of nitrogens with zero attached hydrogens (tertiary/aromatic N) is 2. The number of rotatable bonds is 4. The second kappa shape index (κ2) is 6.23. The summed E-state index contributed by atoms with van der Waals surface area (Å²) in [4.78, 5) is 16.2. The Kier molecular flexibility index (Phi) is 3.77. The van der Waals surface area contributed by atoms with Gasteiger partial charge in [0, 0.05) is 12.1 Å². The topological polar surface area (TPSA) is 86.5 Å². The fraction of sp³-hybridized carbons (Fsp3) is 0.118. The van der Waals surface area contributed by atoms with Crippen molar-refractivity contribution in [3.05, 3.63) is 59.7 Å². The third kappa shape index (κ3) is 3.14. The van der Waals surface area contributed by atoms with Crippen molar-refractivity contribution >= 4 is 5.91 Å². The Balaban J connectivity index is 1.45. The summed E-state index contributed by atoms with van der Waals surface area (Å²) in [7, 11) is 0. The first kappa shape index (κ1) is 15.1. The first-order valence-electron chi connectivity index (χ1n) is 7.45. The van der Waals surface area contributed by atoms with Gasteiger partial charge in [0.1, 0.15) is 5.82 Å². The molecule has 4 rings (SSSR count). The molecule has 0 bridgehead atoms. The molecule has 0 spiro atoms. The van der Waals surface area contributed by atoms with Crippen LogP contribution in [-0.4, -0.2) is 22.8 Å². The first-order valence-corrected chi connectivity index (χ1v) is 7.45. The number of hydrogen-bond acceptors (Lipinski definition) is 6. The van der Waals surface area contributed by atoms with Gasteiger partial charge < -0.3 is 19.3 Å². The van der Waals surface area contributed by atoms with Gasteiger partial charge in [0.2, 0.25) is 12.6 Å². The molecule has 1 amide bonds. The van der Waals surface area contributed by atoms with E-state index >= 15 is 0 Å². The predicted molar refractivity (Wildman–Crippen MR) is 83.4 cm³/mol. The van der Waals surface area contributed by atoms with Crippen LogP contribution >= 0.6 is 0 Å². The highest BCUT2D eigenvalue weighted by molar-refractivity contribution is 5.89. The van der Waals surface area contributed by atoms with Gasteiger partial charge in [0.15, 0.2) is 11.5 Å². The smallest absolute Gasteiger partial charge is 0.316 e. The molecular weight excluding hydrogens is 329 g/mol. The Labute approximate surface area is 141 Å². The maximum Gasteiger partial charge on any atom is 0.316 e. The van der Waals surface area contributed by atoms with Crippen molar-refractivity contribution in [2.24, 2.45) is 0 Å². The predicted octanol–water partition coefficient (Wildman–Crippen LogP) is 2.53. The molecular formula is C17H12FN3O4. The van der Waals surface area contributed by atoms with Gasteiger partial charge in [-0.1, -0.05) is 17.3 Å². The molecule has 1 aliphatic rings. The third-order valence-corrected chi connectivity index (χ3v) is 3.62. The second-order valence-corrected chi connectivity index (χ2v) is 5.30. The van der Waals surface area contributed by atoms with Crippen molar-refractivity contribution in [1.29, 1.82) is 0 Å². The highest BCUT2D eigenvalue weighted by Crippen LogP contribution is 2.35. The molecule has 7 nitrogen and oxygen atoms in total. The maximum absolute atomic E-state index is 12.9. The lowest BCUT2D eigenvalue weighted by Gasteiger charge is -2.02. The summed E-state index contributed by atoms with van der Waals surface area (Å²) in [6.45, 7) is 0.392. The van der Waals surface area contributed by atoms with Gasteiger partial charge in [0.05, 0.1) is 0 Å². The monoisotopic (exact) mass is 341 g/mol. The normalized spacial score (nSPS) is 12.2. The van der Waals surface area contributed by atoms with E-state index in [1.165, 1.54) is 12.1 Å². The Bertz CT molecular complexity index is 924. The van der Waals surface area contributed by atoms with Crippen LogP contribution in [0.2, 0.25) is 0 Å². The molecule has 8 heteroatoms. The number of ether oxygens (including phenoxy) is 2. The highest BCUT2D eigenvalue weighted by atomic mass is 19.1. The van der Waals surface area contributed by atoms with E-state index in [9.17, 15) is 9.18 Å². The average Bonchev–Trinajstić information content (AvgIpc) is 3.29. The molecule has 0 fully saturated rings. The summed E-state index contributed by atoms with van der Waals surface area (Å²) in [5.74, 6) is 0.498. The van der Waals surface area contributed by atoms with Crippen LogP contribution in [-0.2, 0) is 6.54 Å². The van der Waals surface area contributed by atoms with Gasteiger partial charge in [-0.2, -0.15) is 4.98 Å². The molecule has 1 aliphatic heterocycles. The third-order valence-electron chi connectivity index (χ3n) is 3.62. The number of amides is 1. The zero-order valence-electron chi connectivity index (χ0n) is 12.9. The van der Waals surface area contributed by atoms with Crippen LogP contribution in [0.3, 0.4) is 0 Å². The molecule has 0 saturated heterocycles. The van der Waals surface area contributed by atoms with Crippen molar-refractivity contribution < 1.29 is 23.2 Å². The summed E-state index contributed by atoms with van der Waals surface area (Å²) in [6, 6.07) is 11.0. The number of halogens is 1. The van der Waals surface area contributed by atoms with E-state index in [1.807, 2.05) is 0 Å². The van der Waals surface area contributed by atoms with Gasteiger partial charge in [-0.05, 0) is 35.9 Å². The number of fused-ring (bicyclic) bond motifs is 1. The fourth-order valence-electron chi connectivity index (χ4n) is 2.33. The summed E-state index contributed by atoms with van der Waals surface area (Å²) < 4.78 is 28.4. The molecule has 2 heterocycles. The van der Waals surface area contributed by atoms with E-state index in [2.05, 4.69) is 15.5 Å². The first-order chi connectivity index (χ1) is 12.2. The number of aromatic nitrogens is 2. The quantitative estimate of drug-likeness (QED) is 0.785. The molecule has 0 saturated carbocycles. The van der Waals surface area contributed by atoms with E-state index < -0.39 is 5.91 Å². The number of benzene rings is 2. The Morgan fingerprint density at radius 2 is 1.92 bits per heavy atom. The van der Waals surface area contributed by atoms with E-state index in [0.717, 1.165) is 5.56 Å². The summed E-state index contributed by atoms with van der Waals surface area (Å²) in [5.41, 5.74) is 1.40. The second-order valence-electron chi connectivity index (χ2n) is 5.30. The molecule has 0 atom stereocenters. The SMILES string of the molecule is O=C(NCc1ccc(F)cc1)c1nc(-c2ccc3c(c2)OCO3)no1. The number of carbonyl (C=O) groups excluding carboxylic acids is 1. The summed E-state index contributed by atoms with van der Waals surface area (Å²) >= 11 is 0. The van der Waals surface area contributed by atoms with E-state index in [1.54, 1.807) is 30.3 Å². The fourth-order valence-corrected chi connectivity index (χ4v) is 2.33. The lowest BCUT2D eigenvalue weighted by atomic mass is 10.2. The van der Waals surface area contributed by atoms with Gasteiger partial charge in [-0.25, -0.2) is 4.39 Å². The van der Waals surface area contributed by atoms with Crippen LogP contribution in [0.5, 0.6) is 11.5 Å². The minimum atomic E-state index is -0.510. The van der Waals surface area contributed by atoms with Crippen LogP contribution < -0.4 is 14.8 Å². The van der Waals surface area contributed by atoms with Gasteiger partial charge >= 0.3 is 11.8 Å². The van der Waals surface area contributed by atoms with Crippen molar-refractivity contribution in [2.45, 2.75) is 6.54 Å². The van der Waals surface area contributed by atoms with Gasteiger partial charge in [0.25, 0.3) is 0 Å². The minimum absolute atomic E-state index is 0.158. The van der Waals surface area contributed by atoms with Crippen LogP contribution in [0, 0.1) is 5.82 Å². The lowest BCUT2D eigenvalue weighted by molar-refractivity contribution is 0.0907. The van der Waals surface area contributed by atoms with E-state index in [-0.39, 0.29) is 30.9 Å². The van der Waals surface area contributed by atoms with Crippen LogP contribution in [0.4, 0.5) is 4.39 Å². The van der Waals surface area contributed by atoms with Crippen LogP contribution in [0.25, 0.3) is 11.4 Å². The van der Waals surface area contributed by atoms with Gasteiger partial charge in [-0.3, -0.25) is 4.79 Å². The van der Waals surface area contributed by atoms with Crippen molar-refractivity contribution in [1.82, 2.24) is 15.5 Å². The standard InChI is InChI=1S/C17H12FN3O4/c18-12-4-1-10(2-5-12)8-19-16(22)17-20-15(21-25-17)11-3-6-13-14(7-11)24-9-23-13/h1-7H,8-9H2,(H,19,22). The van der Waals surface area contributed by atoms with Crippen molar-refractivity contribution in [3.63, 3.8) is 0 Å². The number of hydrogen-bond donors (Lipinski definition) is 1. The molecule has 0 aliphatic carbocycles. The van der Waals surface area contributed by atoms with Gasteiger partial charge in [-0.15, -0.1) is 0 Å². The molecule has 25 heavy (non-hydrogen) atoms. The largest absolute Gasteiger partial charge is 0.454 e. The maximum atomic E-state index is 12.9. The molecule has 1 aromatic heterocycles. The minimum Gasteiger partial charge on any atom is -0.454 e. The molecule has 126 valence electrons. The zero-order valence-corrected chi connectivity index (χ0v) is 12.9. The Hall–Kier alpha value is -3.42. The van der Waals surface area contributed by atoms with E-state index in [0.29, 0.717) is 17.1 Å². The van der Waals surface area contributed by atoms with Crippen LogP contribution in [0.15, 0.2) is 47.0 Å². The molecule has 1 N–H and O–H groups in total. The lowest BCUT2D eigenvalue weighted by Crippen LogP contribution is -2.23. The Morgan fingerprint density at radius 3 is 2.76 bits per heavy atom. The summed E-state index contributed by atoms with van der Waals surface area (Å²) in [6.07, 6.45) is 0. The Morgan fingerprint density at radius 1 is 1.12 bits per heavy atom. The molecule has 0 unspecified atom stereocenters. The average molecular weight is 341 g/mol. The molecule has 0 radical (unpaired) electrons. The highest BCUT2D eigenvalue weighted by Gasteiger charge is 2.19. The van der Waals surface area contributed by atoms with Crippen molar-refractivity contribution in [3.8, 4) is 22.9 Å². The summed E-state index contributed by atoms with van der Waals surface area (Å²) in [5, 5.41) is 6.45. The zero-order chi connectivity index (χ0) is 17.2. The number of nitrogens with one attached hydrogen (secondary N) is 1. The van der Waals surface area contributed by atoms with Crippen LogP contribution in [0.1, 0.15) is 16.2 Å². The molecule has 2 aromatic carbocycles. The van der Waals surface area contributed by atoms with E-state index in [4.69, 9.17) is 14.0 Å². The van der Waals surface area contributed by atoms with Crippen molar-refractivity contribution in [2.75, 3.05) is 6.79 Å². The molecule has 3 aromatic rings. The number of carbonyl (C=O) groups is 1.